The number of aromatic nitrogens is 3. The monoisotopic (exact) mass is 877 g/mol. The van der Waals surface area contributed by atoms with Crippen LogP contribution in [0.1, 0.15) is 88.2 Å². The summed E-state index contributed by atoms with van der Waals surface area (Å²) in [7, 11) is -1.36. The second-order valence-corrected chi connectivity index (χ2v) is 28.5. The summed E-state index contributed by atoms with van der Waals surface area (Å²) in [4.78, 5) is 15.9. The molecule has 1 heterocycles. The Hall–Kier alpha value is -5.45. The molecule has 3 nitrogen and oxygen atoms in total. The van der Waals surface area contributed by atoms with Crippen molar-refractivity contribution in [1.82, 2.24) is 15.0 Å². The van der Waals surface area contributed by atoms with Gasteiger partial charge in [0.05, 0.1) is 8.07 Å². The number of rotatable bonds is 9. The molecule has 8 fully saturated rings. The molecule has 8 aliphatic carbocycles. The first-order valence-corrected chi connectivity index (χ1v) is 29.0. The summed E-state index contributed by atoms with van der Waals surface area (Å²) >= 11 is 0. The van der Waals surface area contributed by atoms with Gasteiger partial charge >= 0.3 is 0 Å². The van der Waals surface area contributed by atoms with E-state index in [0.717, 1.165) is 75.2 Å². The van der Waals surface area contributed by atoms with Gasteiger partial charge in [0, 0.05) is 16.7 Å². The Bertz CT molecular complexity index is 2780. The summed E-state index contributed by atoms with van der Waals surface area (Å²) in [5, 5.41) is 1.49. The summed E-state index contributed by atoms with van der Waals surface area (Å²) < 4.78 is 0. The molecule has 6 aromatic carbocycles. The molecule has 15 rings (SSSR count). The molecule has 330 valence electrons. The molecule has 0 atom stereocenters. The van der Waals surface area contributed by atoms with E-state index in [2.05, 4.69) is 165 Å². The van der Waals surface area contributed by atoms with Gasteiger partial charge in [0.25, 0.3) is 0 Å². The van der Waals surface area contributed by atoms with Crippen molar-refractivity contribution in [3.8, 4) is 67.5 Å². The van der Waals surface area contributed by atoms with Gasteiger partial charge in [-0.25, -0.2) is 15.0 Å². The first kappa shape index (κ1) is 40.8. The van der Waals surface area contributed by atoms with Crippen LogP contribution in [-0.2, 0) is 10.8 Å². The Morgan fingerprint density at radius 2 is 0.621 bits per heavy atom. The second kappa shape index (κ2) is 15.6. The van der Waals surface area contributed by atoms with Crippen LogP contribution < -0.4 is 5.19 Å². The zero-order valence-electron chi connectivity index (χ0n) is 39.1. The number of nitrogens with zero attached hydrogens (tertiary/aromatic N) is 3. The largest absolute Gasteiger partial charge is 0.208 e. The molecule has 0 spiro atoms. The van der Waals surface area contributed by atoms with Crippen molar-refractivity contribution in [2.75, 3.05) is 0 Å². The average Bonchev–Trinajstić information content (AvgIpc) is 3.33. The van der Waals surface area contributed by atoms with E-state index in [1.54, 1.807) is 0 Å². The van der Waals surface area contributed by atoms with Crippen molar-refractivity contribution in [3.05, 3.63) is 157 Å². The van der Waals surface area contributed by atoms with Crippen LogP contribution in [0.4, 0.5) is 0 Å². The van der Waals surface area contributed by atoms with Crippen molar-refractivity contribution in [1.29, 1.82) is 0 Å². The minimum Gasteiger partial charge on any atom is -0.208 e. The highest BCUT2D eigenvalue weighted by molar-refractivity contribution is 6.88. The summed E-state index contributed by atoms with van der Waals surface area (Å²) in [6.45, 7) is 7.23. The lowest BCUT2D eigenvalue weighted by atomic mass is 9.48. The van der Waals surface area contributed by atoms with Gasteiger partial charge in [-0.2, -0.15) is 0 Å². The SMILES string of the molecule is C[Si](C)(C)c1ccc(-c2cccc(-c3cccc(-c4cccc(-c5nc(-c6ccc(C78CC9CC(CC(C9)C7)C8)cc6)nc(-c6ccc(C78CC9CC(CC(C9)C7)C8)cc6)n5)c4)c3)c2)cc1. The maximum Gasteiger partial charge on any atom is 0.164 e. The van der Waals surface area contributed by atoms with Gasteiger partial charge in [-0.15, -0.1) is 0 Å². The highest BCUT2D eigenvalue weighted by Crippen LogP contribution is 2.62. The molecule has 4 heteroatoms. The van der Waals surface area contributed by atoms with Gasteiger partial charge in [0.1, 0.15) is 0 Å². The van der Waals surface area contributed by atoms with Crippen LogP contribution in [0.2, 0.25) is 19.6 Å². The predicted molar refractivity (Wildman–Crippen MR) is 275 cm³/mol. The zero-order valence-corrected chi connectivity index (χ0v) is 40.1. The molecule has 66 heavy (non-hydrogen) atoms. The van der Waals surface area contributed by atoms with Gasteiger partial charge in [0.2, 0.25) is 0 Å². The Morgan fingerprint density at radius 3 is 0.970 bits per heavy atom. The van der Waals surface area contributed by atoms with Gasteiger partial charge in [-0.05, 0) is 186 Å². The van der Waals surface area contributed by atoms with Crippen molar-refractivity contribution in [3.63, 3.8) is 0 Å². The van der Waals surface area contributed by atoms with Crippen molar-refractivity contribution in [2.45, 2.75) is 108 Å². The molecule has 7 aromatic rings. The Labute approximate surface area is 393 Å². The maximum absolute atomic E-state index is 5.30. The number of benzene rings is 6. The first-order valence-electron chi connectivity index (χ1n) is 25.5. The van der Waals surface area contributed by atoms with Gasteiger partial charge in [-0.1, -0.05) is 152 Å². The molecule has 1 aromatic heterocycles. The Kier molecular flexibility index (Phi) is 9.61. The summed E-state index contributed by atoms with van der Waals surface area (Å²) in [6, 6.07) is 55.0. The fourth-order valence-corrected chi connectivity index (χ4v) is 16.6. The van der Waals surface area contributed by atoms with Gasteiger partial charge in [-0.3, -0.25) is 0 Å². The van der Waals surface area contributed by atoms with Crippen molar-refractivity contribution in [2.24, 2.45) is 35.5 Å². The van der Waals surface area contributed by atoms with Gasteiger partial charge in [0.15, 0.2) is 17.5 Å². The fraction of sp³-hybridized carbons (Fsp3) is 0.371. The highest BCUT2D eigenvalue weighted by Gasteiger charge is 2.52. The zero-order chi connectivity index (χ0) is 44.2. The normalized spacial score (nSPS) is 28.2. The lowest BCUT2D eigenvalue weighted by Crippen LogP contribution is -2.48. The standard InChI is InChI=1S/C62H63N3Si/c1-66(2,3)57-23-17-46(18-24-57)49-7-4-8-50(31-49)51-9-5-10-52(32-51)53-11-6-12-54(33-53)60-64-58(47-13-19-55(20-14-47)61-34-40-25-41(35-61)27-42(26-40)36-61)63-59(65-60)48-15-21-56(22-16-48)62-37-43-28-44(38-62)30-45(29-43)39-62/h4-24,31-33,40-45H,25-30,34-39H2,1-3H3. The third-order valence-corrected chi connectivity index (χ3v) is 19.9. The highest BCUT2D eigenvalue weighted by atomic mass is 28.3. The maximum atomic E-state index is 5.30. The third-order valence-electron chi connectivity index (χ3n) is 17.8. The van der Waals surface area contributed by atoms with Crippen molar-refractivity contribution < 1.29 is 0 Å². The lowest BCUT2D eigenvalue weighted by Gasteiger charge is -2.57. The molecule has 0 aliphatic heterocycles. The molecule has 0 unspecified atom stereocenters. The summed E-state index contributed by atoms with van der Waals surface area (Å²) in [6.07, 6.45) is 17.0. The van der Waals surface area contributed by atoms with E-state index in [1.807, 2.05) is 0 Å². The van der Waals surface area contributed by atoms with Crippen LogP contribution in [0.25, 0.3) is 67.5 Å². The average molecular weight is 878 g/mol. The predicted octanol–water partition coefficient (Wildman–Crippen LogP) is 15.4. The van der Waals surface area contributed by atoms with E-state index in [0.29, 0.717) is 10.8 Å². The number of hydrogen-bond donors (Lipinski definition) is 0. The fourth-order valence-electron chi connectivity index (χ4n) is 15.4. The van der Waals surface area contributed by atoms with E-state index >= 15 is 0 Å². The lowest BCUT2D eigenvalue weighted by molar-refractivity contribution is -0.00530. The van der Waals surface area contributed by atoms with E-state index in [4.69, 9.17) is 15.0 Å². The minimum atomic E-state index is -1.36. The summed E-state index contributed by atoms with van der Waals surface area (Å²) in [5.74, 6) is 7.75. The molecule has 8 saturated carbocycles. The van der Waals surface area contributed by atoms with E-state index in [1.165, 1.54) is 121 Å². The molecule has 0 N–H and O–H groups in total. The first-order chi connectivity index (χ1) is 32.1. The Morgan fingerprint density at radius 1 is 0.333 bits per heavy atom. The topological polar surface area (TPSA) is 38.7 Å². The third kappa shape index (κ3) is 7.34. The quantitative estimate of drug-likeness (QED) is 0.136. The molecule has 0 saturated heterocycles. The van der Waals surface area contributed by atoms with Crippen LogP contribution in [-0.4, -0.2) is 23.0 Å². The van der Waals surface area contributed by atoms with Crippen LogP contribution in [0.3, 0.4) is 0 Å². The minimum absolute atomic E-state index is 0.362. The van der Waals surface area contributed by atoms with Crippen molar-refractivity contribution >= 4 is 13.3 Å². The molecule has 0 amide bonds. The number of hydrogen-bond acceptors (Lipinski definition) is 3. The molecular formula is C62H63N3Si. The van der Waals surface area contributed by atoms with E-state index in [9.17, 15) is 0 Å². The molecule has 0 radical (unpaired) electrons. The Balaban J connectivity index is 0.840. The van der Waals surface area contributed by atoms with Crippen LogP contribution in [0.15, 0.2) is 146 Å². The second-order valence-electron chi connectivity index (χ2n) is 23.4. The van der Waals surface area contributed by atoms with E-state index in [-0.39, 0.29) is 0 Å². The van der Waals surface area contributed by atoms with Crippen LogP contribution in [0, 0.1) is 35.5 Å². The van der Waals surface area contributed by atoms with Crippen LogP contribution >= 0.6 is 0 Å². The molecule has 8 bridgehead atoms. The summed E-state index contributed by atoms with van der Waals surface area (Å²) in [5.41, 5.74) is 14.2. The van der Waals surface area contributed by atoms with E-state index < -0.39 is 8.07 Å². The molecule has 8 aliphatic rings. The van der Waals surface area contributed by atoms with Gasteiger partial charge < -0.3 is 0 Å². The van der Waals surface area contributed by atoms with Crippen LogP contribution in [0.5, 0.6) is 0 Å². The smallest absolute Gasteiger partial charge is 0.164 e. The molecular weight excluding hydrogens is 815 g/mol.